The van der Waals surface area contributed by atoms with Crippen LogP contribution in [0.3, 0.4) is 0 Å². The molecular formula is C18H23N3O7. The molecule has 0 saturated carbocycles. The molecule has 0 unspecified atom stereocenters. The highest BCUT2D eigenvalue weighted by atomic mass is 16.6. The maximum atomic E-state index is 12.4. The number of benzene rings is 1. The average molecular weight is 393 g/mol. The molecule has 1 heterocycles. The third-order valence-corrected chi connectivity index (χ3v) is 4.53. The molecule has 28 heavy (non-hydrogen) atoms. The molecule has 1 aliphatic heterocycles. The first-order valence-corrected chi connectivity index (χ1v) is 8.90. The highest BCUT2D eigenvalue weighted by Crippen LogP contribution is 2.27. The number of rotatable bonds is 9. The Bertz CT molecular complexity index is 729. The number of carbonyl (C=O) groups is 3. The number of hydrogen-bond donors (Lipinski definition) is 2. The van der Waals surface area contributed by atoms with Crippen LogP contribution in [0.5, 0.6) is 0 Å². The molecule has 1 aromatic carbocycles. The lowest BCUT2D eigenvalue weighted by Crippen LogP contribution is -2.50. The standard InChI is InChI=1S/C18H23N3O7/c1-2-28-15(22)9-14(11-3-5-13(6-4-11)21(25)26)16(17(19)23)20-18(24)12-7-8-27-10-12/h3-6,12,14,16H,2,7-10H2,1H3,(H2,19,23)(H,20,24)/t12-,14+,16+/m0/s1. The van der Waals surface area contributed by atoms with Crippen LogP contribution in [0.15, 0.2) is 24.3 Å². The monoisotopic (exact) mass is 393 g/mol. The van der Waals surface area contributed by atoms with Crippen LogP contribution in [0, 0.1) is 16.0 Å². The van der Waals surface area contributed by atoms with Crippen molar-refractivity contribution in [3.63, 3.8) is 0 Å². The summed E-state index contributed by atoms with van der Waals surface area (Å²) in [7, 11) is 0. The molecular weight excluding hydrogens is 370 g/mol. The fraction of sp³-hybridized carbons (Fsp3) is 0.500. The molecule has 0 radical (unpaired) electrons. The second-order valence-corrected chi connectivity index (χ2v) is 6.41. The number of esters is 1. The zero-order valence-corrected chi connectivity index (χ0v) is 15.5. The van der Waals surface area contributed by atoms with Crippen molar-refractivity contribution in [2.75, 3.05) is 19.8 Å². The molecule has 3 N–H and O–H groups in total. The van der Waals surface area contributed by atoms with E-state index in [-0.39, 0.29) is 25.3 Å². The smallest absolute Gasteiger partial charge is 0.306 e. The van der Waals surface area contributed by atoms with Crippen LogP contribution in [0.2, 0.25) is 0 Å². The molecule has 2 amide bonds. The fourth-order valence-corrected chi connectivity index (χ4v) is 3.05. The van der Waals surface area contributed by atoms with Gasteiger partial charge in [0.15, 0.2) is 0 Å². The summed E-state index contributed by atoms with van der Waals surface area (Å²) in [6.45, 7) is 2.50. The number of nitro benzene ring substituents is 1. The number of amides is 2. The van der Waals surface area contributed by atoms with Crippen LogP contribution in [0.1, 0.15) is 31.2 Å². The SMILES string of the molecule is CCOC(=O)C[C@H](c1ccc([N+](=O)[O-])cc1)[C@@H](NC(=O)[C@H]1CCOC1)C(N)=O. The zero-order valence-electron chi connectivity index (χ0n) is 15.5. The number of hydrogen-bond acceptors (Lipinski definition) is 7. The molecule has 1 aliphatic rings. The van der Waals surface area contributed by atoms with Crippen molar-refractivity contribution < 1.29 is 28.8 Å². The number of nitrogens with one attached hydrogen (secondary N) is 1. The van der Waals surface area contributed by atoms with E-state index in [2.05, 4.69) is 5.32 Å². The molecule has 0 bridgehead atoms. The first-order chi connectivity index (χ1) is 13.3. The van der Waals surface area contributed by atoms with Crippen molar-refractivity contribution in [2.24, 2.45) is 11.7 Å². The van der Waals surface area contributed by atoms with Gasteiger partial charge in [-0.05, 0) is 18.9 Å². The summed E-state index contributed by atoms with van der Waals surface area (Å²) in [6, 6.07) is 4.21. The van der Waals surface area contributed by atoms with Crippen molar-refractivity contribution in [3.8, 4) is 0 Å². The Morgan fingerprint density at radius 2 is 2.04 bits per heavy atom. The number of non-ortho nitro benzene ring substituents is 1. The first kappa shape index (κ1) is 21.3. The van der Waals surface area contributed by atoms with E-state index in [1.54, 1.807) is 6.92 Å². The highest BCUT2D eigenvalue weighted by Gasteiger charge is 2.34. The molecule has 2 rings (SSSR count). The predicted octanol–water partition coefficient (Wildman–Crippen LogP) is 0.638. The summed E-state index contributed by atoms with van der Waals surface area (Å²) >= 11 is 0. The van der Waals surface area contributed by atoms with E-state index in [0.29, 0.717) is 18.6 Å². The minimum atomic E-state index is -1.18. The molecule has 0 aromatic heterocycles. The highest BCUT2D eigenvalue weighted by molar-refractivity contribution is 5.89. The number of nitrogens with zero attached hydrogens (tertiary/aromatic N) is 1. The van der Waals surface area contributed by atoms with Gasteiger partial charge in [0.1, 0.15) is 6.04 Å². The van der Waals surface area contributed by atoms with Gasteiger partial charge < -0.3 is 20.5 Å². The van der Waals surface area contributed by atoms with Gasteiger partial charge in [0.05, 0.1) is 30.5 Å². The molecule has 0 aliphatic carbocycles. The van der Waals surface area contributed by atoms with Gasteiger partial charge in [0, 0.05) is 24.7 Å². The summed E-state index contributed by atoms with van der Waals surface area (Å²) in [5.41, 5.74) is 5.82. The summed E-state index contributed by atoms with van der Waals surface area (Å²) in [5, 5.41) is 13.5. The van der Waals surface area contributed by atoms with E-state index in [4.69, 9.17) is 15.2 Å². The van der Waals surface area contributed by atoms with Gasteiger partial charge in [0.2, 0.25) is 11.8 Å². The molecule has 0 spiro atoms. The van der Waals surface area contributed by atoms with E-state index in [0.717, 1.165) is 0 Å². The third kappa shape index (κ3) is 5.49. The quantitative estimate of drug-likeness (QED) is 0.355. The van der Waals surface area contributed by atoms with Crippen LogP contribution in [0.25, 0.3) is 0 Å². The minimum Gasteiger partial charge on any atom is -0.466 e. The Morgan fingerprint density at radius 1 is 1.36 bits per heavy atom. The normalized spacial score (nSPS) is 18.1. The maximum absolute atomic E-state index is 12.4. The third-order valence-electron chi connectivity index (χ3n) is 4.53. The Labute approximate surface area is 161 Å². The van der Waals surface area contributed by atoms with Crippen molar-refractivity contribution >= 4 is 23.5 Å². The summed E-state index contributed by atoms with van der Waals surface area (Å²) in [5.74, 6) is -3.02. The van der Waals surface area contributed by atoms with Gasteiger partial charge in [-0.25, -0.2) is 0 Å². The van der Waals surface area contributed by atoms with Gasteiger partial charge in [-0.1, -0.05) is 12.1 Å². The van der Waals surface area contributed by atoms with E-state index in [9.17, 15) is 24.5 Å². The van der Waals surface area contributed by atoms with Crippen LogP contribution in [-0.2, 0) is 23.9 Å². The van der Waals surface area contributed by atoms with Gasteiger partial charge >= 0.3 is 5.97 Å². The summed E-state index contributed by atoms with van der Waals surface area (Å²) < 4.78 is 10.1. The number of nitrogens with two attached hydrogens (primary N) is 1. The molecule has 3 atom stereocenters. The second-order valence-electron chi connectivity index (χ2n) is 6.41. The first-order valence-electron chi connectivity index (χ1n) is 8.90. The Hall–Kier alpha value is -3.01. The molecule has 1 fully saturated rings. The van der Waals surface area contributed by atoms with E-state index < -0.39 is 40.6 Å². The topological polar surface area (TPSA) is 151 Å². The van der Waals surface area contributed by atoms with E-state index >= 15 is 0 Å². The van der Waals surface area contributed by atoms with Crippen molar-refractivity contribution in [1.82, 2.24) is 5.32 Å². The Kier molecular flexibility index (Phi) is 7.44. The molecule has 10 heteroatoms. The van der Waals surface area contributed by atoms with Crippen LogP contribution < -0.4 is 11.1 Å². The van der Waals surface area contributed by atoms with Crippen LogP contribution >= 0.6 is 0 Å². The zero-order chi connectivity index (χ0) is 20.7. The van der Waals surface area contributed by atoms with Gasteiger partial charge in [-0.15, -0.1) is 0 Å². The maximum Gasteiger partial charge on any atom is 0.306 e. The number of carbonyl (C=O) groups excluding carboxylic acids is 3. The van der Waals surface area contributed by atoms with E-state index in [1.165, 1.54) is 24.3 Å². The number of primary amides is 1. The van der Waals surface area contributed by atoms with Crippen molar-refractivity contribution in [3.05, 3.63) is 39.9 Å². The summed E-state index contributed by atoms with van der Waals surface area (Å²) in [6.07, 6.45) is 0.304. The average Bonchev–Trinajstić information content (AvgIpc) is 3.19. The van der Waals surface area contributed by atoms with Gasteiger partial charge in [-0.3, -0.25) is 24.5 Å². The largest absolute Gasteiger partial charge is 0.466 e. The molecule has 152 valence electrons. The number of nitro groups is 1. The van der Waals surface area contributed by atoms with Crippen LogP contribution in [-0.4, -0.2) is 48.6 Å². The van der Waals surface area contributed by atoms with Crippen molar-refractivity contribution in [2.45, 2.75) is 31.7 Å². The lowest BCUT2D eigenvalue weighted by atomic mass is 9.87. The Balaban J connectivity index is 2.29. The van der Waals surface area contributed by atoms with Gasteiger partial charge in [0.25, 0.3) is 5.69 Å². The summed E-state index contributed by atoms with van der Waals surface area (Å²) in [4.78, 5) is 46.9. The second kappa shape index (κ2) is 9.79. The number of ether oxygens (including phenoxy) is 2. The lowest BCUT2D eigenvalue weighted by molar-refractivity contribution is -0.384. The molecule has 1 aromatic rings. The lowest BCUT2D eigenvalue weighted by Gasteiger charge is -2.26. The van der Waals surface area contributed by atoms with Gasteiger partial charge in [-0.2, -0.15) is 0 Å². The van der Waals surface area contributed by atoms with E-state index in [1.807, 2.05) is 0 Å². The minimum absolute atomic E-state index is 0.138. The Morgan fingerprint density at radius 3 is 2.54 bits per heavy atom. The molecule has 10 nitrogen and oxygen atoms in total. The van der Waals surface area contributed by atoms with Crippen LogP contribution in [0.4, 0.5) is 5.69 Å². The fourth-order valence-electron chi connectivity index (χ4n) is 3.05. The van der Waals surface area contributed by atoms with Crippen molar-refractivity contribution in [1.29, 1.82) is 0 Å². The molecule has 1 saturated heterocycles. The predicted molar refractivity (Wildman–Crippen MR) is 97.1 cm³/mol.